The van der Waals surface area contributed by atoms with E-state index in [1.54, 1.807) is 0 Å². The lowest BCUT2D eigenvalue weighted by atomic mass is 9.91. The first-order valence-electron chi connectivity index (χ1n) is 15.6. The van der Waals surface area contributed by atoms with Crippen LogP contribution in [0.4, 0.5) is 0 Å². The van der Waals surface area contributed by atoms with Crippen LogP contribution in [0.3, 0.4) is 0 Å². The molecule has 0 bridgehead atoms. The lowest BCUT2D eigenvalue weighted by Crippen LogP contribution is -2.01. The minimum absolute atomic E-state index is 0.312. The molecule has 3 heterocycles. The molecule has 10 rings (SSSR count). The zero-order valence-corrected chi connectivity index (χ0v) is 24.5. The molecule has 212 valence electrons. The molecule has 0 fully saturated rings. The van der Waals surface area contributed by atoms with Crippen LogP contribution in [-0.2, 0) is 0 Å². The fourth-order valence-corrected chi connectivity index (χ4v) is 7.58. The van der Waals surface area contributed by atoms with Crippen LogP contribution >= 0.6 is 0 Å². The molecular formula is C42H28N2O. The van der Waals surface area contributed by atoms with Crippen molar-refractivity contribution in [2.24, 2.45) is 0 Å². The third-order valence-electron chi connectivity index (χ3n) is 9.61. The summed E-state index contributed by atoms with van der Waals surface area (Å²) in [6.45, 7) is 0. The fraction of sp³-hybridized carbons (Fsp3) is 0.0476. The van der Waals surface area contributed by atoms with Crippen LogP contribution in [0.25, 0.3) is 76.9 Å². The molecule has 0 spiro atoms. The van der Waals surface area contributed by atoms with Gasteiger partial charge in [-0.2, -0.15) is 0 Å². The monoisotopic (exact) mass is 576 g/mol. The Morgan fingerprint density at radius 1 is 0.511 bits per heavy atom. The fourth-order valence-electron chi connectivity index (χ4n) is 7.58. The van der Waals surface area contributed by atoms with Crippen LogP contribution in [0.1, 0.15) is 17.9 Å². The van der Waals surface area contributed by atoms with E-state index in [0.29, 0.717) is 5.92 Å². The van der Waals surface area contributed by atoms with Crippen LogP contribution in [0.2, 0.25) is 0 Å². The summed E-state index contributed by atoms with van der Waals surface area (Å²) < 4.78 is 11.6. The maximum atomic E-state index is 6.72. The lowest BCUT2D eigenvalue weighted by molar-refractivity contribution is 0.666. The molecule has 1 aliphatic carbocycles. The van der Waals surface area contributed by atoms with Crippen molar-refractivity contribution in [2.45, 2.75) is 12.3 Å². The van der Waals surface area contributed by atoms with Gasteiger partial charge in [0.25, 0.3) is 0 Å². The Labute approximate surface area is 259 Å². The van der Waals surface area contributed by atoms with Gasteiger partial charge in [-0.05, 0) is 66.6 Å². The van der Waals surface area contributed by atoms with E-state index < -0.39 is 0 Å². The molecule has 1 unspecified atom stereocenters. The number of nitrogens with zero attached hydrogens (tertiary/aromatic N) is 2. The highest BCUT2D eigenvalue weighted by molar-refractivity contribution is 6.20. The average Bonchev–Trinajstić information content (AvgIpc) is 3.75. The number of para-hydroxylation sites is 4. The molecule has 3 nitrogen and oxygen atoms in total. The second-order valence-electron chi connectivity index (χ2n) is 12.1. The highest BCUT2D eigenvalue weighted by Crippen LogP contribution is 2.43. The molecule has 0 radical (unpaired) electrons. The molecule has 3 aromatic heterocycles. The number of furan rings is 1. The van der Waals surface area contributed by atoms with Crippen molar-refractivity contribution >= 4 is 65.6 Å². The highest BCUT2D eigenvalue weighted by atomic mass is 16.3. The van der Waals surface area contributed by atoms with Crippen molar-refractivity contribution in [1.29, 1.82) is 0 Å². The van der Waals surface area contributed by atoms with E-state index in [1.807, 2.05) is 0 Å². The summed E-state index contributed by atoms with van der Waals surface area (Å²) in [5, 5.41) is 7.30. The Hall–Kier alpha value is -5.80. The summed E-state index contributed by atoms with van der Waals surface area (Å²) in [5.74, 6) is 0.312. The van der Waals surface area contributed by atoms with Gasteiger partial charge in [0.1, 0.15) is 5.58 Å². The molecule has 0 saturated carbocycles. The number of hydrogen-bond donors (Lipinski definition) is 0. The summed E-state index contributed by atoms with van der Waals surface area (Å²) in [4.78, 5) is 0. The third-order valence-corrected chi connectivity index (χ3v) is 9.61. The molecular weight excluding hydrogens is 548 g/mol. The first kappa shape index (κ1) is 24.6. The number of aromatic nitrogens is 2. The van der Waals surface area contributed by atoms with E-state index in [1.165, 1.54) is 49.2 Å². The highest BCUT2D eigenvalue weighted by Gasteiger charge is 2.23. The maximum Gasteiger partial charge on any atom is 0.159 e. The van der Waals surface area contributed by atoms with E-state index in [9.17, 15) is 0 Å². The Balaban J connectivity index is 1.38. The molecule has 0 saturated heterocycles. The van der Waals surface area contributed by atoms with Crippen LogP contribution in [0, 0.1) is 0 Å². The molecule has 9 aromatic rings. The van der Waals surface area contributed by atoms with Crippen molar-refractivity contribution in [3.05, 3.63) is 157 Å². The van der Waals surface area contributed by atoms with Gasteiger partial charge in [-0.3, -0.25) is 0 Å². The maximum absolute atomic E-state index is 6.72. The number of fused-ring (bicyclic) bond motifs is 9. The van der Waals surface area contributed by atoms with Crippen LogP contribution in [0.15, 0.2) is 156 Å². The predicted molar refractivity (Wildman–Crippen MR) is 188 cm³/mol. The Kier molecular flexibility index (Phi) is 5.11. The van der Waals surface area contributed by atoms with E-state index in [4.69, 9.17) is 4.42 Å². The number of allylic oxidation sites excluding steroid dienone is 4. The van der Waals surface area contributed by atoms with E-state index in [0.717, 1.165) is 39.7 Å². The van der Waals surface area contributed by atoms with Crippen molar-refractivity contribution in [2.75, 3.05) is 0 Å². The smallest absolute Gasteiger partial charge is 0.159 e. The summed E-state index contributed by atoms with van der Waals surface area (Å²) >= 11 is 0. The van der Waals surface area contributed by atoms with Gasteiger partial charge in [0.05, 0.1) is 27.8 Å². The summed E-state index contributed by atoms with van der Waals surface area (Å²) in [6.07, 6.45) is 9.89. The number of rotatable bonds is 3. The predicted octanol–water partition coefficient (Wildman–Crippen LogP) is 11.4. The van der Waals surface area contributed by atoms with Crippen LogP contribution < -0.4 is 0 Å². The van der Waals surface area contributed by atoms with E-state index >= 15 is 0 Å². The molecule has 1 atom stereocenters. The van der Waals surface area contributed by atoms with Gasteiger partial charge in [0.2, 0.25) is 0 Å². The lowest BCUT2D eigenvalue weighted by Gasteiger charge is -2.17. The first-order valence-corrected chi connectivity index (χ1v) is 15.6. The van der Waals surface area contributed by atoms with E-state index in [2.05, 4.69) is 161 Å². The quantitative estimate of drug-likeness (QED) is 0.205. The summed E-state index contributed by atoms with van der Waals surface area (Å²) in [7, 11) is 0. The number of benzene rings is 6. The van der Waals surface area contributed by atoms with Gasteiger partial charge in [-0.25, -0.2) is 0 Å². The van der Waals surface area contributed by atoms with Crippen LogP contribution in [0.5, 0.6) is 0 Å². The van der Waals surface area contributed by atoms with Crippen LogP contribution in [-0.4, -0.2) is 9.13 Å². The van der Waals surface area contributed by atoms with Crippen molar-refractivity contribution in [1.82, 2.24) is 9.13 Å². The molecule has 0 aliphatic heterocycles. The largest absolute Gasteiger partial charge is 0.454 e. The van der Waals surface area contributed by atoms with Crippen molar-refractivity contribution < 1.29 is 4.42 Å². The second kappa shape index (κ2) is 9.35. The molecule has 45 heavy (non-hydrogen) atoms. The first-order chi connectivity index (χ1) is 22.3. The summed E-state index contributed by atoms with van der Waals surface area (Å²) in [6, 6.07) is 46.2. The van der Waals surface area contributed by atoms with Gasteiger partial charge < -0.3 is 13.6 Å². The van der Waals surface area contributed by atoms with Gasteiger partial charge in [0, 0.05) is 43.9 Å². The van der Waals surface area contributed by atoms with Crippen molar-refractivity contribution in [3.8, 4) is 11.4 Å². The second-order valence-corrected chi connectivity index (χ2v) is 12.1. The minimum Gasteiger partial charge on any atom is -0.454 e. The standard InChI is InChI=1S/C42H28N2O/c1-3-13-27(14-4-1)28-23-35-32-19-9-12-22-41(32)45-42(35)40(24-28)44-37-21-11-8-18-31(37)34-25-33-30-17-7-10-20-36(30)43(38(33)26-39(34)44)29-15-5-2-6-16-29/h1-13,15-27H,14H2. The van der Waals surface area contributed by atoms with E-state index in [-0.39, 0.29) is 0 Å². The summed E-state index contributed by atoms with van der Waals surface area (Å²) in [5.41, 5.74) is 10.1. The molecule has 6 aromatic carbocycles. The van der Waals surface area contributed by atoms with Gasteiger partial charge in [0.15, 0.2) is 5.58 Å². The zero-order chi connectivity index (χ0) is 29.5. The molecule has 3 heteroatoms. The minimum atomic E-state index is 0.312. The van der Waals surface area contributed by atoms with Gasteiger partial charge >= 0.3 is 0 Å². The Bertz CT molecular complexity index is 2680. The van der Waals surface area contributed by atoms with Gasteiger partial charge in [-0.1, -0.05) is 97.1 Å². The van der Waals surface area contributed by atoms with Crippen molar-refractivity contribution in [3.63, 3.8) is 0 Å². The Morgan fingerprint density at radius 3 is 1.93 bits per heavy atom. The zero-order valence-electron chi connectivity index (χ0n) is 24.5. The SMILES string of the molecule is C1=CCC(c2cc(-n3c4ccccc4c4cc5c6ccccc6n(-c6ccccc6)c5cc43)c3oc4ccccc4c3c2)C=C1. The normalized spacial score (nSPS) is 15.1. The molecule has 0 N–H and O–H groups in total. The number of hydrogen-bond acceptors (Lipinski definition) is 1. The average molecular weight is 577 g/mol. The third kappa shape index (κ3) is 3.52. The van der Waals surface area contributed by atoms with Gasteiger partial charge in [-0.15, -0.1) is 0 Å². The molecule has 1 aliphatic rings. The Morgan fingerprint density at radius 2 is 1.18 bits per heavy atom. The molecule has 0 amide bonds. The topological polar surface area (TPSA) is 23.0 Å².